The summed E-state index contributed by atoms with van der Waals surface area (Å²) in [6.45, 7) is 5.10. The molecule has 0 aliphatic carbocycles. The number of nitro benzene ring substituents is 1. The molecule has 2 aromatic rings. The Balaban J connectivity index is 2.31. The molecule has 0 aliphatic rings. The van der Waals surface area contributed by atoms with Crippen molar-refractivity contribution in [2.45, 2.75) is 26.8 Å². The Kier molecular flexibility index (Phi) is 4.76. The summed E-state index contributed by atoms with van der Waals surface area (Å²) in [7, 11) is 0. The van der Waals surface area contributed by atoms with E-state index in [9.17, 15) is 10.1 Å². The molecule has 0 radical (unpaired) electrons. The summed E-state index contributed by atoms with van der Waals surface area (Å²) in [6.07, 6.45) is 4.22. The molecule has 2 rings (SSSR count). The van der Waals surface area contributed by atoms with Gasteiger partial charge in [-0.15, -0.1) is 0 Å². The quantitative estimate of drug-likeness (QED) is 0.624. The number of nitrogens with zero attached hydrogens (tertiary/aromatic N) is 3. The van der Waals surface area contributed by atoms with Gasteiger partial charge in [0.1, 0.15) is 5.69 Å². The zero-order chi connectivity index (χ0) is 15.2. The molecule has 0 saturated carbocycles. The zero-order valence-electron chi connectivity index (χ0n) is 12.1. The molecular weight excluding hydrogens is 272 g/mol. The van der Waals surface area contributed by atoms with Gasteiger partial charge in [0.05, 0.1) is 23.4 Å². The van der Waals surface area contributed by atoms with Crippen molar-refractivity contribution in [2.24, 2.45) is 0 Å². The number of rotatable bonds is 7. The molecule has 7 nitrogen and oxygen atoms in total. The zero-order valence-corrected chi connectivity index (χ0v) is 12.1. The molecule has 7 heteroatoms. The molecule has 0 atom stereocenters. The van der Waals surface area contributed by atoms with Crippen LogP contribution in [0.5, 0.6) is 5.75 Å². The Labute approximate surface area is 122 Å². The number of hydrogen-bond acceptors (Lipinski definition) is 5. The number of nitro groups is 1. The van der Waals surface area contributed by atoms with Crippen molar-refractivity contribution in [3.63, 3.8) is 0 Å². The van der Waals surface area contributed by atoms with E-state index in [1.165, 1.54) is 0 Å². The summed E-state index contributed by atoms with van der Waals surface area (Å²) in [5.41, 5.74) is 1.03. The second kappa shape index (κ2) is 6.74. The first-order chi connectivity index (χ1) is 10.2. The van der Waals surface area contributed by atoms with Crippen molar-refractivity contribution in [1.82, 2.24) is 9.78 Å². The minimum atomic E-state index is -0.433. The van der Waals surface area contributed by atoms with Crippen molar-refractivity contribution in [1.29, 1.82) is 0 Å². The monoisotopic (exact) mass is 290 g/mol. The van der Waals surface area contributed by atoms with Crippen LogP contribution in [0.1, 0.15) is 20.3 Å². The predicted molar refractivity (Wildman–Crippen MR) is 80.1 cm³/mol. The number of anilines is 2. The van der Waals surface area contributed by atoms with E-state index >= 15 is 0 Å². The third-order valence-corrected chi connectivity index (χ3v) is 2.88. The molecule has 1 heterocycles. The SMILES string of the molecule is CCCOc1cccc(Nc2cnn(CC)c2)c1[N+](=O)[O-]. The van der Waals surface area contributed by atoms with Gasteiger partial charge in [-0.3, -0.25) is 14.8 Å². The normalized spacial score (nSPS) is 10.4. The summed E-state index contributed by atoms with van der Waals surface area (Å²) in [4.78, 5) is 10.9. The van der Waals surface area contributed by atoms with Gasteiger partial charge in [-0.25, -0.2) is 0 Å². The van der Waals surface area contributed by atoms with Crippen LogP contribution in [-0.4, -0.2) is 21.3 Å². The molecule has 1 N–H and O–H groups in total. The van der Waals surface area contributed by atoms with Crippen LogP contribution < -0.4 is 10.1 Å². The van der Waals surface area contributed by atoms with Crippen LogP contribution in [0.25, 0.3) is 0 Å². The fourth-order valence-corrected chi connectivity index (χ4v) is 1.90. The van der Waals surface area contributed by atoms with Crippen molar-refractivity contribution in [3.05, 3.63) is 40.7 Å². The van der Waals surface area contributed by atoms with Gasteiger partial charge in [-0.05, 0) is 25.5 Å². The van der Waals surface area contributed by atoms with Crippen LogP contribution in [0, 0.1) is 10.1 Å². The van der Waals surface area contributed by atoms with Gasteiger partial charge in [-0.1, -0.05) is 13.0 Å². The lowest BCUT2D eigenvalue weighted by atomic mass is 10.2. The lowest BCUT2D eigenvalue weighted by molar-refractivity contribution is -0.384. The summed E-state index contributed by atoms with van der Waals surface area (Å²) in [5.74, 6) is 0.273. The first-order valence-electron chi connectivity index (χ1n) is 6.85. The van der Waals surface area contributed by atoms with Crippen LogP contribution in [0.3, 0.4) is 0 Å². The molecular formula is C14H18N4O3. The fourth-order valence-electron chi connectivity index (χ4n) is 1.90. The number of ether oxygens (including phenoxy) is 1. The number of nitrogens with one attached hydrogen (secondary N) is 1. The molecule has 0 amide bonds. The van der Waals surface area contributed by atoms with Gasteiger partial charge < -0.3 is 10.1 Å². The predicted octanol–water partition coefficient (Wildman–Crippen LogP) is 3.34. The largest absolute Gasteiger partial charge is 0.487 e. The standard InChI is InChI=1S/C14H18N4O3/c1-3-8-21-13-7-5-6-12(14(13)18(19)20)16-11-9-15-17(4-2)10-11/h5-7,9-10,16H,3-4,8H2,1-2H3. The second-order valence-corrected chi connectivity index (χ2v) is 4.47. The van der Waals surface area contributed by atoms with Crippen molar-refractivity contribution >= 4 is 17.1 Å². The van der Waals surface area contributed by atoms with E-state index in [0.29, 0.717) is 18.0 Å². The highest BCUT2D eigenvalue weighted by Crippen LogP contribution is 2.36. The average molecular weight is 290 g/mol. The van der Waals surface area contributed by atoms with Crippen LogP contribution in [-0.2, 0) is 6.54 Å². The second-order valence-electron chi connectivity index (χ2n) is 4.47. The van der Waals surface area contributed by atoms with Gasteiger partial charge >= 0.3 is 5.69 Å². The van der Waals surface area contributed by atoms with E-state index < -0.39 is 4.92 Å². The van der Waals surface area contributed by atoms with E-state index in [4.69, 9.17) is 4.74 Å². The number of aryl methyl sites for hydroxylation is 1. The fraction of sp³-hybridized carbons (Fsp3) is 0.357. The highest BCUT2D eigenvalue weighted by atomic mass is 16.6. The summed E-state index contributed by atoms with van der Waals surface area (Å²) in [6, 6.07) is 4.99. The molecule has 0 bridgehead atoms. The highest BCUT2D eigenvalue weighted by molar-refractivity contribution is 5.73. The minimum absolute atomic E-state index is 0.0600. The number of para-hydroxylation sites is 1. The molecule has 1 aromatic carbocycles. The number of aromatic nitrogens is 2. The smallest absolute Gasteiger partial charge is 0.334 e. The lowest BCUT2D eigenvalue weighted by Gasteiger charge is -2.09. The molecule has 112 valence electrons. The molecule has 1 aromatic heterocycles. The van der Waals surface area contributed by atoms with Crippen LogP contribution >= 0.6 is 0 Å². The lowest BCUT2D eigenvalue weighted by Crippen LogP contribution is -2.02. The van der Waals surface area contributed by atoms with Crippen LogP contribution in [0.15, 0.2) is 30.6 Å². The average Bonchev–Trinajstić information content (AvgIpc) is 2.92. The van der Waals surface area contributed by atoms with Gasteiger partial charge in [0.2, 0.25) is 0 Å². The van der Waals surface area contributed by atoms with E-state index in [0.717, 1.165) is 13.0 Å². The Morgan fingerprint density at radius 1 is 1.43 bits per heavy atom. The maximum Gasteiger partial charge on any atom is 0.334 e. The Hall–Kier alpha value is -2.57. The molecule has 0 unspecified atom stereocenters. The minimum Gasteiger partial charge on any atom is -0.487 e. The first kappa shape index (κ1) is 14.8. The highest BCUT2D eigenvalue weighted by Gasteiger charge is 2.21. The van der Waals surface area contributed by atoms with E-state index in [1.54, 1.807) is 35.3 Å². The van der Waals surface area contributed by atoms with Crippen LogP contribution in [0.2, 0.25) is 0 Å². The maximum atomic E-state index is 11.3. The number of benzene rings is 1. The van der Waals surface area contributed by atoms with E-state index in [1.807, 2.05) is 13.8 Å². The van der Waals surface area contributed by atoms with Crippen LogP contribution in [0.4, 0.5) is 17.1 Å². The van der Waals surface area contributed by atoms with Gasteiger partial charge in [0.25, 0.3) is 0 Å². The Morgan fingerprint density at radius 2 is 2.24 bits per heavy atom. The number of hydrogen-bond donors (Lipinski definition) is 1. The molecule has 0 fully saturated rings. The Morgan fingerprint density at radius 3 is 2.86 bits per heavy atom. The Bertz CT molecular complexity index is 624. The topological polar surface area (TPSA) is 82.2 Å². The van der Waals surface area contributed by atoms with Gasteiger partial charge in [-0.2, -0.15) is 5.10 Å². The van der Waals surface area contributed by atoms with Gasteiger partial charge in [0, 0.05) is 12.7 Å². The van der Waals surface area contributed by atoms with Crippen molar-refractivity contribution in [3.8, 4) is 5.75 Å². The van der Waals surface area contributed by atoms with E-state index in [2.05, 4.69) is 10.4 Å². The molecule has 21 heavy (non-hydrogen) atoms. The first-order valence-corrected chi connectivity index (χ1v) is 6.85. The molecule has 0 aliphatic heterocycles. The summed E-state index contributed by atoms with van der Waals surface area (Å²) >= 11 is 0. The summed E-state index contributed by atoms with van der Waals surface area (Å²) in [5, 5.41) is 18.5. The van der Waals surface area contributed by atoms with Gasteiger partial charge in [0.15, 0.2) is 5.75 Å². The third kappa shape index (κ3) is 3.50. The van der Waals surface area contributed by atoms with Crippen molar-refractivity contribution in [2.75, 3.05) is 11.9 Å². The summed E-state index contributed by atoms with van der Waals surface area (Å²) < 4.78 is 7.19. The van der Waals surface area contributed by atoms with Crippen molar-refractivity contribution < 1.29 is 9.66 Å². The van der Waals surface area contributed by atoms with E-state index in [-0.39, 0.29) is 11.4 Å². The third-order valence-electron chi connectivity index (χ3n) is 2.88. The molecule has 0 saturated heterocycles. The maximum absolute atomic E-state index is 11.3. The molecule has 0 spiro atoms.